The van der Waals surface area contributed by atoms with E-state index in [2.05, 4.69) is 4.98 Å². The van der Waals surface area contributed by atoms with E-state index in [-0.39, 0.29) is 11.2 Å². The van der Waals surface area contributed by atoms with E-state index in [4.69, 9.17) is 0 Å². The van der Waals surface area contributed by atoms with Crippen molar-refractivity contribution in [1.82, 2.24) is 4.98 Å². The Bertz CT molecular complexity index is 328. The van der Waals surface area contributed by atoms with Crippen molar-refractivity contribution in [2.45, 2.75) is 40.5 Å². The molecule has 0 amide bonds. The molecule has 0 radical (unpaired) electrons. The maximum atomic E-state index is 11.8. The van der Waals surface area contributed by atoms with Crippen molar-refractivity contribution in [3.63, 3.8) is 0 Å². The summed E-state index contributed by atoms with van der Waals surface area (Å²) in [6.45, 7) is 8.00. The zero-order chi connectivity index (χ0) is 10.8. The topological polar surface area (TPSA) is 30.0 Å². The van der Waals surface area contributed by atoms with Crippen LogP contribution in [0, 0.1) is 12.3 Å². The van der Waals surface area contributed by atoms with E-state index >= 15 is 0 Å². The van der Waals surface area contributed by atoms with Crippen molar-refractivity contribution >= 4 is 17.1 Å². The Labute approximate surface area is 89.4 Å². The van der Waals surface area contributed by atoms with Gasteiger partial charge in [0.25, 0.3) is 0 Å². The fourth-order valence-electron chi connectivity index (χ4n) is 1.09. The second kappa shape index (κ2) is 4.22. The highest BCUT2D eigenvalue weighted by Gasteiger charge is 2.25. The van der Waals surface area contributed by atoms with Gasteiger partial charge in [0.2, 0.25) is 0 Å². The van der Waals surface area contributed by atoms with Gasteiger partial charge in [-0.1, -0.05) is 20.8 Å². The van der Waals surface area contributed by atoms with Crippen LogP contribution in [0.2, 0.25) is 0 Å². The van der Waals surface area contributed by atoms with Gasteiger partial charge in [-0.3, -0.25) is 4.79 Å². The van der Waals surface area contributed by atoms with E-state index in [0.29, 0.717) is 6.42 Å². The van der Waals surface area contributed by atoms with Gasteiger partial charge in [-0.15, -0.1) is 11.3 Å². The molecule has 78 valence electrons. The number of hydrogen-bond acceptors (Lipinski definition) is 3. The van der Waals surface area contributed by atoms with Crippen LogP contribution < -0.4 is 0 Å². The van der Waals surface area contributed by atoms with Gasteiger partial charge >= 0.3 is 0 Å². The molecule has 0 spiro atoms. The number of Topliss-reactive ketones (excluding diaryl/α,β-unsaturated/α-hetero) is 1. The second-order valence-electron chi connectivity index (χ2n) is 4.20. The quantitative estimate of drug-likeness (QED) is 0.766. The van der Waals surface area contributed by atoms with E-state index in [1.54, 1.807) is 11.3 Å². The van der Waals surface area contributed by atoms with Crippen LogP contribution in [0.15, 0.2) is 5.38 Å². The third-order valence-corrected chi connectivity index (χ3v) is 3.47. The minimum atomic E-state index is -0.211. The Kier molecular flexibility index (Phi) is 3.43. The highest BCUT2D eigenvalue weighted by molar-refractivity contribution is 7.09. The third-order valence-electron chi connectivity index (χ3n) is 2.65. The van der Waals surface area contributed by atoms with Crippen molar-refractivity contribution in [3.05, 3.63) is 16.1 Å². The summed E-state index contributed by atoms with van der Waals surface area (Å²) < 4.78 is 0. The molecular formula is C11H17NOS. The number of rotatable bonds is 4. The van der Waals surface area contributed by atoms with Crippen LogP contribution in [0.25, 0.3) is 0 Å². The Morgan fingerprint density at radius 3 is 2.64 bits per heavy atom. The average molecular weight is 211 g/mol. The highest BCUT2D eigenvalue weighted by atomic mass is 32.1. The van der Waals surface area contributed by atoms with Gasteiger partial charge in [0, 0.05) is 10.8 Å². The zero-order valence-electron chi connectivity index (χ0n) is 9.26. The molecule has 0 N–H and O–H groups in total. The highest BCUT2D eigenvalue weighted by Crippen LogP contribution is 2.23. The molecule has 0 aliphatic heterocycles. The molecule has 0 fully saturated rings. The molecule has 2 nitrogen and oxygen atoms in total. The van der Waals surface area contributed by atoms with Crippen LogP contribution in [0.1, 0.15) is 37.9 Å². The smallest absolute Gasteiger partial charge is 0.144 e. The number of carbonyl (C=O) groups is 1. The van der Waals surface area contributed by atoms with Crippen LogP contribution >= 0.6 is 11.3 Å². The summed E-state index contributed by atoms with van der Waals surface area (Å²) in [5, 5.41) is 3.00. The van der Waals surface area contributed by atoms with Crippen molar-refractivity contribution in [2.75, 3.05) is 0 Å². The Morgan fingerprint density at radius 1 is 1.57 bits per heavy atom. The van der Waals surface area contributed by atoms with Gasteiger partial charge in [-0.25, -0.2) is 4.98 Å². The molecule has 0 bridgehead atoms. The number of carbonyl (C=O) groups excluding carboxylic acids is 1. The molecule has 0 saturated carbocycles. The molecule has 1 aromatic rings. The number of nitrogens with zero attached hydrogens (tertiary/aromatic N) is 1. The van der Waals surface area contributed by atoms with Crippen molar-refractivity contribution in [2.24, 2.45) is 5.41 Å². The number of aromatic nitrogens is 1. The van der Waals surface area contributed by atoms with Crippen molar-refractivity contribution < 1.29 is 4.79 Å². The largest absolute Gasteiger partial charge is 0.299 e. The monoisotopic (exact) mass is 211 g/mol. The van der Waals surface area contributed by atoms with Crippen molar-refractivity contribution in [1.29, 1.82) is 0 Å². The Hall–Kier alpha value is -0.700. The molecule has 0 aromatic carbocycles. The second-order valence-corrected chi connectivity index (χ2v) is 5.26. The first-order valence-electron chi connectivity index (χ1n) is 4.90. The molecule has 1 heterocycles. The summed E-state index contributed by atoms with van der Waals surface area (Å²) in [4.78, 5) is 16.1. The number of thiazole rings is 1. The lowest BCUT2D eigenvalue weighted by Crippen LogP contribution is -2.25. The molecular weight excluding hydrogens is 194 g/mol. The van der Waals surface area contributed by atoms with Crippen LogP contribution in [0.5, 0.6) is 0 Å². The molecule has 0 aliphatic rings. The van der Waals surface area contributed by atoms with E-state index < -0.39 is 0 Å². The Morgan fingerprint density at radius 2 is 2.21 bits per heavy atom. The fourth-order valence-corrected chi connectivity index (χ4v) is 1.70. The van der Waals surface area contributed by atoms with E-state index in [9.17, 15) is 4.79 Å². The summed E-state index contributed by atoms with van der Waals surface area (Å²) in [5.41, 5.74) is 0.705. The lowest BCUT2D eigenvalue weighted by molar-refractivity contribution is -0.126. The summed E-state index contributed by atoms with van der Waals surface area (Å²) in [7, 11) is 0. The zero-order valence-corrected chi connectivity index (χ0v) is 10.1. The van der Waals surface area contributed by atoms with Crippen LogP contribution in [0.3, 0.4) is 0 Å². The normalized spacial score (nSPS) is 11.7. The minimum absolute atomic E-state index is 0.211. The predicted molar refractivity (Wildman–Crippen MR) is 59.6 cm³/mol. The lowest BCUT2D eigenvalue weighted by Gasteiger charge is -2.19. The lowest BCUT2D eigenvalue weighted by atomic mass is 9.83. The molecule has 1 aromatic heterocycles. The van der Waals surface area contributed by atoms with Gasteiger partial charge in [0.15, 0.2) is 0 Å². The fraction of sp³-hybridized carbons (Fsp3) is 0.636. The first-order valence-corrected chi connectivity index (χ1v) is 5.78. The average Bonchev–Trinajstić information content (AvgIpc) is 2.51. The maximum absolute atomic E-state index is 11.8. The standard InChI is InChI=1S/C11H17NOS/c1-5-11(3,4)10(13)6-9-7-14-8(2)12-9/h7H,5-6H2,1-4H3. The van der Waals surface area contributed by atoms with E-state index in [0.717, 1.165) is 17.1 Å². The molecule has 1 rings (SSSR count). The summed E-state index contributed by atoms with van der Waals surface area (Å²) in [6.07, 6.45) is 1.36. The first kappa shape index (κ1) is 11.4. The summed E-state index contributed by atoms with van der Waals surface area (Å²) in [5.74, 6) is 0.283. The SMILES string of the molecule is CCC(C)(C)C(=O)Cc1csc(C)n1. The Balaban J connectivity index is 2.66. The molecule has 0 aliphatic carbocycles. The van der Waals surface area contributed by atoms with Gasteiger partial charge in [0.1, 0.15) is 5.78 Å². The van der Waals surface area contributed by atoms with Crippen LogP contribution in [0.4, 0.5) is 0 Å². The molecule has 0 unspecified atom stereocenters. The predicted octanol–water partition coefficient (Wildman–Crippen LogP) is 3.00. The van der Waals surface area contributed by atoms with Gasteiger partial charge in [0.05, 0.1) is 17.1 Å². The summed E-state index contributed by atoms with van der Waals surface area (Å²) >= 11 is 1.60. The van der Waals surface area contributed by atoms with E-state index in [1.165, 1.54) is 0 Å². The number of aryl methyl sites for hydroxylation is 1. The van der Waals surface area contributed by atoms with Crippen molar-refractivity contribution in [3.8, 4) is 0 Å². The number of ketones is 1. The molecule has 14 heavy (non-hydrogen) atoms. The first-order chi connectivity index (χ1) is 6.45. The molecule has 0 atom stereocenters. The number of hydrogen-bond donors (Lipinski definition) is 0. The van der Waals surface area contributed by atoms with Crippen LogP contribution in [-0.2, 0) is 11.2 Å². The van der Waals surface area contributed by atoms with Gasteiger partial charge < -0.3 is 0 Å². The van der Waals surface area contributed by atoms with E-state index in [1.807, 2.05) is 33.1 Å². The minimum Gasteiger partial charge on any atom is -0.299 e. The maximum Gasteiger partial charge on any atom is 0.144 e. The summed E-state index contributed by atoms with van der Waals surface area (Å²) in [6, 6.07) is 0. The molecule has 0 saturated heterocycles. The van der Waals surface area contributed by atoms with Gasteiger partial charge in [-0.2, -0.15) is 0 Å². The molecule has 3 heteroatoms. The van der Waals surface area contributed by atoms with Gasteiger partial charge in [-0.05, 0) is 13.3 Å². The third kappa shape index (κ3) is 2.64. The van der Waals surface area contributed by atoms with Crippen LogP contribution in [-0.4, -0.2) is 10.8 Å².